The van der Waals surface area contributed by atoms with Crippen molar-refractivity contribution in [2.24, 2.45) is 0 Å². The van der Waals surface area contributed by atoms with E-state index in [0.717, 1.165) is 31.7 Å². The fourth-order valence-electron chi connectivity index (χ4n) is 2.97. The van der Waals surface area contributed by atoms with Crippen molar-refractivity contribution < 1.29 is 9.53 Å². The van der Waals surface area contributed by atoms with Gasteiger partial charge in [0, 0.05) is 33.4 Å². The number of aromatic nitrogens is 1. The van der Waals surface area contributed by atoms with Gasteiger partial charge in [0.25, 0.3) is 5.91 Å². The van der Waals surface area contributed by atoms with Gasteiger partial charge in [-0.1, -0.05) is 30.3 Å². The molecule has 2 aromatic rings. The number of carbonyl (C=O) groups is 1. The van der Waals surface area contributed by atoms with Gasteiger partial charge >= 0.3 is 0 Å². The van der Waals surface area contributed by atoms with Crippen LogP contribution in [0.15, 0.2) is 48.7 Å². The minimum atomic E-state index is 0.0549. The van der Waals surface area contributed by atoms with Gasteiger partial charge in [-0.05, 0) is 30.5 Å². The fourth-order valence-corrected chi connectivity index (χ4v) is 2.97. The molecule has 0 saturated carbocycles. The van der Waals surface area contributed by atoms with E-state index in [4.69, 9.17) is 4.74 Å². The molecule has 1 amide bonds. The second-order valence-corrected chi connectivity index (χ2v) is 6.59. The molecular weight excluding hydrogens is 314 g/mol. The van der Waals surface area contributed by atoms with Gasteiger partial charge in [-0.3, -0.25) is 4.79 Å². The monoisotopic (exact) mass is 339 g/mol. The highest BCUT2D eigenvalue weighted by Gasteiger charge is 2.24. The number of anilines is 1. The van der Waals surface area contributed by atoms with Crippen molar-refractivity contribution in [2.45, 2.75) is 25.6 Å². The number of likely N-dealkylation sites (tertiary alicyclic amines) is 1. The van der Waals surface area contributed by atoms with Crippen LogP contribution in [-0.2, 0) is 11.3 Å². The molecule has 3 rings (SSSR count). The van der Waals surface area contributed by atoms with Crippen LogP contribution in [0.1, 0.15) is 28.8 Å². The van der Waals surface area contributed by atoms with E-state index >= 15 is 0 Å². The topological polar surface area (TPSA) is 45.7 Å². The molecule has 0 atom stereocenters. The number of hydrogen-bond donors (Lipinski definition) is 0. The minimum absolute atomic E-state index is 0.0549. The summed E-state index contributed by atoms with van der Waals surface area (Å²) in [5, 5.41) is 0. The van der Waals surface area contributed by atoms with Crippen LogP contribution in [0.5, 0.6) is 0 Å². The summed E-state index contributed by atoms with van der Waals surface area (Å²) in [4.78, 5) is 20.7. The Morgan fingerprint density at radius 1 is 1.16 bits per heavy atom. The summed E-state index contributed by atoms with van der Waals surface area (Å²) < 4.78 is 5.99. The molecule has 0 radical (unpaired) electrons. The molecule has 0 unspecified atom stereocenters. The van der Waals surface area contributed by atoms with Crippen LogP contribution in [0.4, 0.5) is 5.82 Å². The lowest BCUT2D eigenvalue weighted by Crippen LogP contribution is -2.40. The zero-order chi connectivity index (χ0) is 17.6. The first-order valence-corrected chi connectivity index (χ1v) is 8.71. The first kappa shape index (κ1) is 17.4. The average molecular weight is 339 g/mol. The van der Waals surface area contributed by atoms with Crippen LogP contribution >= 0.6 is 0 Å². The minimum Gasteiger partial charge on any atom is -0.373 e. The van der Waals surface area contributed by atoms with E-state index in [-0.39, 0.29) is 12.0 Å². The Balaban J connectivity index is 1.49. The lowest BCUT2D eigenvalue weighted by atomic mass is 10.1. The number of pyridine rings is 1. The Morgan fingerprint density at radius 2 is 1.88 bits per heavy atom. The maximum absolute atomic E-state index is 12.6. The van der Waals surface area contributed by atoms with Crippen LogP contribution in [0.25, 0.3) is 0 Å². The van der Waals surface area contributed by atoms with Gasteiger partial charge in [-0.2, -0.15) is 0 Å². The molecule has 1 aliphatic heterocycles. The van der Waals surface area contributed by atoms with Gasteiger partial charge in [0.15, 0.2) is 0 Å². The predicted octanol–water partition coefficient (Wildman–Crippen LogP) is 2.97. The summed E-state index contributed by atoms with van der Waals surface area (Å²) in [5.74, 6) is 0.906. The molecule has 1 aliphatic rings. The third-order valence-electron chi connectivity index (χ3n) is 4.51. The third kappa shape index (κ3) is 4.57. The SMILES string of the molecule is CN(C)c1ccc(C(=O)N2CCC(OCc3ccccc3)CC2)cn1. The molecule has 0 N–H and O–H groups in total. The number of piperidine rings is 1. The van der Waals surface area contributed by atoms with Gasteiger partial charge in [0.1, 0.15) is 5.82 Å². The summed E-state index contributed by atoms with van der Waals surface area (Å²) in [6, 6.07) is 13.9. The van der Waals surface area contributed by atoms with E-state index in [1.807, 2.05) is 54.2 Å². The first-order chi connectivity index (χ1) is 12.1. The van der Waals surface area contributed by atoms with Crippen molar-refractivity contribution in [1.29, 1.82) is 0 Å². The summed E-state index contributed by atoms with van der Waals surface area (Å²) in [5.41, 5.74) is 1.84. The van der Waals surface area contributed by atoms with Gasteiger partial charge < -0.3 is 14.5 Å². The molecule has 1 saturated heterocycles. The summed E-state index contributed by atoms with van der Waals surface area (Å²) in [6.07, 6.45) is 3.64. The van der Waals surface area contributed by atoms with Gasteiger partial charge in [-0.15, -0.1) is 0 Å². The van der Waals surface area contributed by atoms with Gasteiger partial charge in [0.05, 0.1) is 18.3 Å². The van der Waals surface area contributed by atoms with Crippen molar-refractivity contribution in [3.05, 3.63) is 59.8 Å². The Bertz CT molecular complexity index is 678. The number of amides is 1. The quantitative estimate of drug-likeness (QED) is 0.840. The number of benzene rings is 1. The Morgan fingerprint density at radius 3 is 2.48 bits per heavy atom. The van der Waals surface area contributed by atoms with E-state index in [2.05, 4.69) is 17.1 Å². The second kappa shape index (κ2) is 8.12. The van der Waals surface area contributed by atoms with Crippen LogP contribution in [0.2, 0.25) is 0 Å². The molecule has 132 valence electrons. The van der Waals surface area contributed by atoms with Crippen molar-refractivity contribution in [1.82, 2.24) is 9.88 Å². The number of rotatable bonds is 5. The van der Waals surface area contributed by atoms with Crippen LogP contribution in [0, 0.1) is 0 Å². The number of hydrogen-bond acceptors (Lipinski definition) is 4. The maximum Gasteiger partial charge on any atom is 0.255 e. The molecule has 5 heteroatoms. The smallest absolute Gasteiger partial charge is 0.255 e. The van der Waals surface area contributed by atoms with Crippen LogP contribution in [-0.4, -0.2) is 49.1 Å². The summed E-state index contributed by atoms with van der Waals surface area (Å²) >= 11 is 0. The molecule has 1 fully saturated rings. The molecule has 2 heterocycles. The van der Waals surface area contributed by atoms with Gasteiger partial charge in [0.2, 0.25) is 0 Å². The van der Waals surface area contributed by atoms with Crippen molar-refractivity contribution >= 4 is 11.7 Å². The van der Waals surface area contributed by atoms with Crippen molar-refractivity contribution in [3.8, 4) is 0 Å². The predicted molar refractivity (Wildman–Crippen MR) is 98.7 cm³/mol. The molecule has 1 aromatic heterocycles. The molecule has 0 spiro atoms. The Kier molecular flexibility index (Phi) is 5.66. The van der Waals surface area contributed by atoms with E-state index < -0.39 is 0 Å². The zero-order valence-corrected chi connectivity index (χ0v) is 14.9. The molecule has 0 aliphatic carbocycles. The third-order valence-corrected chi connectivity index (χ3v) is 4.51. The fraction of sp³-hybridized carbons (Fsp3) is 0.400. The average Bonchev–Trinajstić information content (AvgIpc) is 2.67. The van der Waals surface area contributed by atoms with Crippen molar-refractivity contribution in [2.75, 3.05) is 32.1 Å². The summed E-state index contributed by atoms with van der Waals surface area (Å²) in [7, 11) is 3.87. The number of carbonyl (C=O) groups excluding carboxylic acids is 1. The van der Waals surface area contributed by atoms with E-state index in [1.54, 1.807) is 6.20 Å². The highest BCUT2D eigenvalue weighted by Crippen LogP contribution is 2.18. The summed E-state index contributed by atoms with van der Waals surface area (Å²) in [6.45, 7) is 2.09. The molecule has 1 aromatic carbocycles. The zero-order valence-electron chi connectivity index (χ0n) is 14.9. The Labute approximate surface area is 149 Å². The normalized spacial score (nSPS) is 15.2. The van der Waals surface area contributed by atoms with Crippen LogP contribution < -0.4 is 4.90 Å². The standard InChI is InChI=1S/C20H25N3O2/c1-22(2)19-9-8-17(14-21-19)20(24)23-12-10-18(11-13-23)25-15-16-6-4-3-5-7-16/h3-9,14,18H,10-13,15H2,1-2H3. The molecular formula is C20H25N3O2. The highest BCUT2D eigenvalue weighted by atomic mass is 16.5. The second-order valence-electron chi connectivity index (χ2n) is 6.59. The van der Waals surface area contributed by atoms with Crippen LogP contribution in [0.3, 0.4) is 0 Å². The lowest BCUT2D eigenvalue weighted by Gasteiger charge is -2.32. The van der Waals surface area contributed by atoms with E-state index in [1.165, 1.54) is 5.56 Å². The van der Waals surface area contributed by atoms with E-state index in [9.17, 15) is 4.79 Å². The highest BCUT2D eigenvalue weighted by molar-refractivity contribution is 5.94. The van der Waals surface area contributed by atoms with Crippen molar-refractivity contribution in [3.63, 3.8) is 0 Å². The molecule has 25 heavy (non-hydrogen) atoms. The molecule has 0 bridgehead atoms. The largest absolute Gasteiger partial charge is 0.373 e. The van der Waals surface area contributed by atoms with E-state index in [0.29, 0.717) is 12.2 Å². The number of nitrogens with zero attached hydrogens (tertiary/aromatic N) is 3. The number of ether oxygens (including phenoxy) is 1. The maximum atomic E-state index is 12.6. The van der Waals surface area contributed by atoms with Gasteiger partial charge in [-0.25, -0.2) is 4.98 Å². The Hall–Kier alpha value is -2.40. The first-order valence-electron chi connectivity index (χ1n) is 8.71. The lowest BCUT2D eigenvalue weighted by molar-refractivity contribution is -0.000386. The molecule has 5 nitrogen and oxygen atoms in total.